The summed E-state index contributed by atoms with van der Waals surface area (Å²) < 4.78 is 5.84. The Morgan fingerprint density at radius 2 is 2.19 bits per heavy atom. The zero-order valence-corrected chi connectivity index (χ0v) is 11.0. The van der Waals surface area contributed by atoms with Gasteiger partial charge in [0.1, 0.15) is 0 Å². The highest BCUT2D eigenvalue weighted by Gasteiger charge is 1.98. The summed E-state index contributed by atoms with van der Waals surface area (Å²) in [6.07, 6.45) is 4.47. The summed E-state index contributed by atoms with van der Waals surface area (Å²) in [5.74, 6) is 0. The molecule has 88 valence electrons. The monoisotopic (exact) mass is 277 g/mol. The summed E-state index contributed by atoms with van der Waals surface area (Å²) in [7, 11) is 0. The first-order valence-corrected chi connectivity index (χ1v) is 6.00. The van der Waals surface area contributed by atoms with E-state index in [1.807, 2.05) is 12.1 Å². The molecule has 0 saturated heterocycles. The Kier molecular flexibility index (Phi) is 5.91. The summed E-state index contributed by atoms with van der Waals surface area (Å²) in [6, 6.07) is 5.99. The molecule has 2 nitrogen and oxygen atoms in total. The van der Waals surface area contributed by atoms with E-state index in [1.165, 1.54) is 10.4 Å². The zero-order chi connectivity index (χ0) is 10.5. The van der Waals surface area contributed by atoms with Crippen molar-refractivity contribution in [2.45, 2.75) is 13.0 Å². The molecule has 2 rings (SSSR count). The number of thiophene rings is 1. The van der Waals surface area contributed by atoms with Crippen molar-refractivity contribution in [3.05, 3.63) is 45.5 Å². The van der Waals surface area contributed by atoms with E-state index < -0.39 is 0 Å². The summed E-state index contributed by atoms with van der Waals surface area (Å²) >= 11 is 7.48. The van der Waals surface area contributed by atoms with Gasteiger partial charge in [-0.25, -0.2) is 0 Å². The topological polar surface area (TPSA) is 25.2 Å². The molecule has 2 heterocycles. The van der Waals surface area contributed by atoms with Gasteiger partial charge in [0.2, 0.25) is 0 Å². The molecule has 1 N–H and O–H groups in total. The van der Waals surface area contributed by atoms with Crippen molar-refractivity contribution in [1.29, 1.82) is 0 Å². The summed E-state index contributed by atoms with van der Waals surface area (Å²) in [5, 5.41) is 3.35. The van der Waals surface area contributed by atoms with Gasteiger partial charge in [0.25, 0.3) is 0 Å². The minimum absolute atomic E-state index is 0. The lowest BCUT2D eigenvalue weighted by Crippen LogP contribution is -2.15. The van der Waals surface area contributed by atoms with E-state index in [0.29, 0.717) is 0 Å². The lowest BCUT2D eigenvalue weighted by atomic mass is 10.3. The van der Waals surface area contributed by atoms with Crippen LogP contribution in [0.25, 0.3) is 0 Å². The minimum atomic E-state index is 0. The van der Waals surface area contributed by atoms with Crippen molar-refractivity contribution in [2.75, 3.05) is 6.54 Å². The second-order valence-electron chi connectivity index (χ2n) is 3.26. The molecular weight excluding hydrogens is 265 g/mol. The summed E-state index contributed by atoms with van der Waals surface area (Å²) in [6.45, 7) is 1.82. The molecule has 0 fully saturated rings. The second-order valence-corrected chi connectivity index (χ2v) is 5.06. The van der Waals surface area contributed by atoms with Crippen molar-refractivity contribution < 1.29 is 4.42 Å². The van der Waals surface area contributed by atoms with Crippen LogP contribution in [-0.4, -0.2) is 6.54 Å². The number of furan rings is 1. The summed E-state index contributed by atoms with van der Waals surface area (Å²) in [5.41, 5.74) is 1.18. The van der Waals surface area contributed by atoms with Gasteiger partial charge in [0.15, 0.2) is 0 Å². The Hall–Kier alpha value is -0.480. The highest BCUT2D eigenvalue weighted by atomic mass is 35.5. The van der Waals surface area contributed by atoms with Gasteiger partial charge in [0, 0.05) is 23.5 Å². The molecule has 0 radical (unpaired) electrons. The molecule has 5 heteroatoms. The molecule has 0 unspecified atom stereocenters. The average molecular weight is 278 g/mol. The molecule has 0 bridgehead atoms. The third-order valence-electron chi connectivity index (χ3n) is 2.09. The molecule has 0 aliphatic heterocycles. The fourth-order valence-corrected chi connectivity index (χ4v) is 2.41. The van der Waals surface area contributed by atoms with E-state index in [-0.39, 0.29) is 12.4 Å². The van der Waals surface area contributed by atoms with Crippen LogP contribution in [0.2, 0.25) is 4.34 Å². The van der Waals surface area contributed by atoms with Gasteiger partial charge >= 0.3 is 0 Å². The van der Waals surface area contributed by atoms with Crippen molar-refractivity contribution in [3.8, 4) is 0 Å². The molecule has 0 aliphatic carbocycles. The molecule has 16 heavy (non-hydrogen) atoms. The highest BCUT2D eigenvalue weighted by molar-refractivity contribution is 7.16. The second kappa shape index (κ2) is 6.97. The Balaban J connectivity index is 0.00000128. The van der Waals surface area contributed by atoms with E-state index >= 15 is 0 Å². The lowest BCUT2D eigenvalue weighted by Gasteiger charge is -2.00. The van der Waals surface area contributed by atoms with Crippen molar-refractivity contribution >= 4 is 35.3 Å². The third kappa shape index (κ3) is 4.18. The molecule has 0 atom stereocenters. The van der Waals surface area contributed by atoms with Gasteiger partial charge in [0.05, 0.1) is 16.9 Å². The number of halogens is 2. The van der Waals surface area contributed by atoms with Crippen LogP contribution in [-0.2, 0) is 13.0 Å². The van der Waals surface area contributed by atoms with Crippen LogP contribution in [0.5, 0.6) is 0 Å². The first-order chi connectivity index (χ1) is 7.34. The fraction of sp³-hybridized carbons (Fsp3) is 0.273. The van der Waals surface area contributed by atoms with E-state index in [0.717, 1.165) is 23.8 Å². The fourth-order valence-electron chi connectivity index (χ4n) is 1.32. The smallest absolute Gasteiger partial charge is 0.0947 e. The molecule has 2 aromatic heterocycles. The zero-order valence-electron chi connectivity index (χ0n) is 8.61. The minimum Gasteiger partial charge on any atom is -0.472 e. The molecule has 0 spiro atoms. The first kappa shape index (κ1) is 13.6. The van der Waals surface area contributed by atoms with Crippen LogP contribution < -0.4 is 5.32 Å². The number of hydrogen-bond acceptors (Lipinski definition) is 3. The van der Waals surface area contributed by atoms with Crippen molar-refractivity contribution in [3.63, 3.8) is 0 Å². The number of hydrogen-bond donors (Lipinski definition) is 1. The van der Waals surface area contributed by atoms with Crippen LogP contribution in [0, 0.1) is 0 Å². The molecule has 0 aliphatic rings. The van der Waals surface area contributed by atoms with Gasteiger partial charge in [-0.1, -0.05) is 11.6 Å². The Labute approximate surface area is 110 Å². The molecule has 0 saturated carbocycles. The lowest BCUT2D eigenvalue weighted by molar-refractivity contribution is 0.560. The number of nitrogens with one attached hydrogen (secondary N) is 1. The largest absolute Gasteiger partial charge is 0.472 e. The predicted octanol–water partition coefficient (Wildman–Crippen LogP) is 3.75. The van der Waals surface area contributed by atoms with E-state index in [1.54, 1.807) is 23.9 Å². The van der Waals surface area contributed by atoms with E-state index in [9.17, 15) is 0 Å². The van der Waals surface area contributed by atoms with Gasteiger partial charge in [-0.2, -0.15) is 0 Å². The molecule has 0 aromatic carbocycles. The normalized spacial score (nSPS) is 10.1. The van der Waals surface area contributed by atoms with Crippen molar-refractivity contribution in [1.82, 2.24) is 5.32 Å². The van der Waals surface area contributed by atoms with Crippen LogP contribution in [0.15, 0.2) is 35.1 Å². The van der Waals surface area contributed by atoms with E-state index in [4.69, 9.17) is 16.0 Å². The van der Waals surface area contributed by atoms with E-state index in [2.05, 4.69) is 11.4 Å². The Morgan fingerprint density at radius 1 is 1.31 bits per heavy atom. The maximum absolute atomic E-state index is 5.84. The molecule has 2 aromatic rings. The predicted molar refractivity (Wildman–Crippen MR) is 70.7 cm³/mol. The van der Waals surface area contributed by atoms with Gasteiger partial charge in [-0.3, -0.25) is 0 Å². The highest BCUT2D eigenvalue weighted by Crippen LogP contribution is 2.21. The summed E-state index contributed by atoms with van der Waals surface area (Å²) in [4.78, 5) is 1.32. The third-order valence-corrected chi connectivity index (χ3v) is 3.38. The SMILES string of the molecule is Cl.Clc1ccc(CCNCc2ccoc2)s1. The van der Waals surface area contributed by atoms with Gasteiger partial charge in [-0.15, -0.1) is 23.7 Å². The van der Waals surface area contributed by atoms with Crippen LogP contribution in [0.3, 0.4) is 0 Å². The number of rotatable bonds is 5. The van der Waals surface area contributed by atoms with Gasteiger partial charge < -0.3 is 9.73 Å². The molecular formula is C11H13Cl2NOS. The standard InChI is InChI=1S/C11H12ClNOS.ClH/c12-11-2-1-10(15-11)3-5-13-7-9-4-6-14-8-9;/h1-2,4,6,8,13H,3,5,7H2;1H. The quantitative estimate of drug-likeness (QED) is 0.843. The van der Waals surface area contributed by atoms with Crippen LogP contribution in [0.1, 0.15) is 10.4 Å². The van der Waals surface area contributed by atoms with Gasteiger partial charge in [-0.05, 0) is 24.6 Å². The molecule has 0 amide bonds. The first-order valence-electron chi connectivity index (χ1n) is 4.80. The van der Waals surface area contributed by atoms with Crippen LogP contribution in [0.4, 0.5) is 0 Å². The average Bonchev–Trinajstić information content (AvgIpc) is 2.84. The maximum Gasteiger partial charge on any atom is 0.0947 e. The Morgan fingerprint density at radius 3 is 2.81 bits per heavy atom. The Bertz CT molecular complexity index is 400. The van der Waals surface area contributed by atoms with Crippen LogP contribution >= 0.6 is 35.3 Å². The van der Waals surface area contributed by atoms with Crippen molar-refractivity contribution in [2.24, 2.45) is 0 Å². The maximum atomic E-state index is 5.84.